The summed E-state index contributed by atoms with van der Waals surface area (Å²) < 4.78 is 1.66. The van der Waals surface area contributed by atoms with E-state index in [1.54, 1.807) is 4.68 Å². The maximum Gasteiger partial charge on any atom is 0.306 e. The van der Waals surface area contributed by atoms with Gasteiger partial charge in [-0.3, -0.25) is 9.48 Å². The Balaban J connectivity index is 2.18. The summed E-state index contributed by atoms with van der Waals surface area (Å²) in [5.41, 5.74) is 1.93. The number of hydrogen-bond donors (Lipinski definition) is 1. The molecular weight excluding hydrogens is 252 g/mol. The van der Waals surface area contributed by atoms with Gasteiger partial charge in [-0.25, -0.2) is 0 Å². The Labute approximate surface area is 112 Å². The largest absolute Gasteiger partial charge is 0.481 e. The van der Waals surface area contributed by atoms with Crippen molar-refractivity contribution in [2.45, 2.75) is 39.0 Å². The average molecular weight is 271 g/mol. The van der Waals surface area contributed by atoms with Crippen molar-refractivity contribution in [1.29, 1.82) is 0 Å². The predicted octanol–water partition coefficient (Wildman–Crippen LogP) is 2.82. The highest BCUT2D eigenvalue weighted by molar-refractivity contribution is 6.30. The molecule has 1 fully saturated rings. The third kappa shape index (κ3) is 2.53. The van der Waals surface area contributed by atoms with Gasteiger partial charge in [0.15, 0.2) is 0 Å². The quantitative estimate of drug-likeness (QED) is 0.919. The summed E-state index contributed by atoms with van der Waals surface area (Å²) in [5, 5.41) is 14.2. The minimum Gasteiger partial charge on any atom is -0.481 e. The number of carboxylic acid groups (broad SMARTS) is 1. The first-order valence-electron chi connectivity index (χ1n) is 6.41. The van der Waals surface area contributed by atoms with Gasteiger partial charge in [0.25, 0.3) is 0 Å². The predicted molar refractivity (Wildman–Crippen MR) is 69.7 cm³/mol. The molecule has 0 radical (unpaired) electrons. The van der Waals surface area contributed by atoms with Crippen LogP contribution in [0.15, 0.2) is 0 Å². The second kappa shape index (κ2) is 5.31. The van der Waals surface area contributed by atoms with Crippen molar-refractivity contribution in [3.05, 3.63) is 16.4 Å². The fourth-order valence-corrected chi connectivity index (χ4v) is 3.20. The normalized spacial score (nSPS) is 24.2. The second-order valence-corrected chi connectivity index (χ2v) is 5.53. The molecule has 1 heterocycles. The van der Waals surface area contributed by atoms with Crippen molar-refractivity contribution in [1.82, 2.24) is 9.78 Å². The molecule has 2 unspecified atom stereocenters. The zero-order valence-electron chi connectivity index (χ0n) is 10.8. The van der Waals surface area contributed by atoms with E-state index >= 15 is 0 Å². The van der Waals surface area contributed by atoms with Crippen molar-refractivity contribution in [3.8, 4) is 0 Å². The third-order valence-electron chi connectivity index (χ3n) is 3.96. The highest BCUT2D eigenvalue weighted by atomic mass is 35.5. The van der Waals surface area contributed by atoms with Crippen molar-refractivity contribution in [2.24, 2.45) is 18.9 Å². The first-order valence-corrected chi connectivity index (χ1v) is 6.79. The molecule has 1 saturated carbocycles. The molecular formula is C13H19ClN2O2. The molecule has 2 rings (SSSR count). The molecule has 1 aliphatic carbocycles. The molecule has 0 aliphatic heterocycles. The van der Waals surface area contributed by atoms with E-state index in [0.29, 0.717) is 5.15 Å². The van der Waals surface area contributed by atoms with Crippen LogP contribution < -0.4 is 0 Å². The maximum absolute atomic E-state index is 11.3. The summed E-state index contributed by atoms with van der Waals surface area (Å²) in [4.78, 5) is 11.3. The number of aryl methyl sites for hydroxylation is 2. The van der Waals surface area contributed by atoms with Gasteiger partial charge in [0.05, 0.1) is 11.6 Å². The molecule has 100 valence electrons. The Bertz CT molecular complexity index is 456. The number of nitrogens with zero attached hydrogens (tertiary/aromatic N) is 2. The lowest BCUT2D eigenvalue weighted by atomic mass is 9.76. The molecule has 5 heteroatoms. The van der Waals surface area contributed by atoms with Crippen molar-refractivity contribution >= 4 is 17.6 Å². The van der Waals surface area contributed by atoms with Gasteiger partial charge in [0, 0.05) is 12.6 Å². The molecule has 0 bridgehead atoms. The van der Waals surface area contributed by atoms with Gasteiger partial charge < -0.3 is 5.11 Å². The molecule has 18 heavy (non-hydrogen) atoms. The molecule has 0 saturated heterocycles. The Morgan fingerprint density at radius 2 is 2.17 bits per heavy atom. The molecule has 4 nitrogen and oxygen atoms in total. The molecule has 0 spiro atoms. The molecule has 0 aromatic carbocycles. The minimum atomic E-state index is -0.669. The van der Waals surface area contributed by atoms with E-state index in [-0.39, 0.29) is 11.8 Å². The van der Waals surface area contributed by atoms with Gasteiger partial charge in [0.2, 0.25) is 0 Å². The molecule has 1 aromatic heterocycles. The molecule has 1 N–H and O–H groups in total. The van der Waals surface area contributed by atoms with Crippen LogP contribution in [-0.4, -0.2) is 20.9 Å². The Kier molecular flexibility index (Phi) is 3.95. The van der Waals surface area contributed by atoms with Crippen LogP contribution in [0.1, 0.15) is 36.9 Å². The zero-order chi connectivity index (χ0) is 13.3. The second-order valence-electron chi connectivity index (χ2n) is 5.17. The smallest absolute Gasteiger partial charge is 0.306 e. The van der Waals surface area contributed by atoms with Crippen molar-refractivity contribution < 1.29 is 9.90 Å². The van der Waals surface area contributed by atoms with E-state index in [1.165, 1.54) is 0 Å². The van der Waals surface area contributed by atoms with E-state index in [0.717, 1.165) is 43.4 Å². The monoisotopic (exact) mass is 270 g/mol. The lowest BCUT2D eigenvalue weighted by molar-refractivity contribution is -0.144. The fourth-order valence-electron chi connectivity index (χ4n) is 2.95. The van der Waals surface area contributed by atoms with E-state index in [9.17, 15) is 9.90 Å². The number of aromatic nitrogens is 2. The molecule has 0 amide bonds. The minimum absolute atomic E-state index is 0.191. The van der Waals surface area contributed by atoms with Gasteiger partial charge in [-0.2, -0.15) is 5.10 Å². The van der Waals surface area contributed by atoms with Crippen LogP contribution in [0.3, 0.4) is 0 Å². The van der Waals surface area contributed by atoms with E-state index in [1.807, 2.05) is 14.0 Å². The third-order valence-corrected chi connectivity index (χ3v) is 4.44. The number of halogens is 1. The van der Waals surface area contributed by atoms with Crippen LogP contribution in [0.2, 0.25) is 5.15 Å². The standard InChI is InChI=1S/C13H19ClN2O2/c1-8-11(12(14)16(2)15-8)7-9-5-3-4-6-10(9)13(17)18/h9-10H,3-7H2,1-2H3,(H,17,18). The number of aliphatic carboxylic acids is 1. The van der Waals surface area contributed by atoms with Crippen LogP contribution in [0.4, 0.5) is 0 Å². The van der Waals surface area contributed by atoms with Crippen molar-refractivity contribution in [2.75, 3.05) is 0 Å². The summed E-state index contributed by atoms with van der Waals surface area (Å²) in [6.07, 6.45) is 4.63. The Morgan fingerprint density at radius 1 is 1.50 bits per heavy atom. The number of rotatable bonds is 3. The highest BCUT2D eigenvalue weighted by Gasteiger charge is 2.32. The van der Waals surface area contributed by atoms with Crippen LogP contribution >= 0.6 is 11.6 Å². The molecule has 1 aliphatic rings. The summed E-state index contributed by atoms with van der Waals surface area (Å²) in [5.74, 6) is -0.705. The van der Waals surface area contributed by atoms with Gasteiger partial charge >= 0.3 is 5.97 Å². The van der Waals surface area contributed by atoms with E-state index in [4.69, 9.17) is 11.6 Å². The Hall–Kier alpha value is -1.03. The van der Waals surface area contributed by atoms with E-state index in [2.05, 4.69) is 5.10 Å². The maximum atomic E-state index is 11.3. The lowest BCUT2D eigenvalue weighted by Gasteiger charge is -2.28. The Morgan fingerprint density at radius 3 is 2.72 bits per heavy atom. The number of carbonyl (C=O) groups is 1. The lowest BCUT2D eigenvalue weighted by Crippen LogP contribution is -2.28. The SMILES string of the molecule is Cc1nn(C)c(Cl)c1CC1CCCCC1C(=O)O. The first-order chi connectivity index (χ1) is 8.50. The average Bonchev–Trinajstić information content (AvgIpc) is 2.56. The number of carboxylic acids is 1. The summed E-state index contributed by atoms with van der Waals surface area (Å²) in [7, 11) is 1.81. The van der Waals surface area contributed by atoms with Gasteiger partial charge in [-0.15, -0.1) is 0 Å². The highest BCUT2D eigenvalue weighted by Crippen LogP contribution is 2.34. The van der Waals surface area contributed by atoms with Crippen LogP contribution in [0.25, 0.3) is 0 Å². The van der Waals surface area contributed by atoms with Gasteiger partial charge in [-0.05, 0) is 32.1 Å². The van der Waals surface area contributed by atoms with E-state index < -0.39 is 5.97 Å². The number of hydrogen-bond acceptors (Lipinski definition) is 2. The fraction of sp³-hybridized carbons (Fsp3) is 0.692. The topological polar surface area (TPSA) is 55.1 Å². The molecule has 1 aromatic rings. The summed E-state index contributed by atoms with van der Waals surface area (Å²) in [6.45, 7) is 1.93. The zero-order valence-corrected chi connectivity index (χ0v) is 11.6. The summed E-state index contributed by atoms with van der Waals surface area (Å²) >= 11 is 6.21. The van der Waals surface area contributed by atoms with Crippen molar-refractivity contribution in [3.63, 3.8) is 0 Å². The van der Waals surface area contributed by atoms with Crippen LogP contribution in [-0.2, 0) is 18.3 Å². The molecule has 2 atom stereocenters. The van der Waals surface area contributed by atoms with Gasteiger partial charge in [0.1, 0.15) is 5.15 Å². The summed E-state index contributed by atoms with van der Waals surface area (Å²) in [6, 6.07) is 0. The van der Waals surface area contributed by atoms with Gasteiger partial charge in [-0.1, -0.05) is 24.4 Å². The first kappa shape index (κ1) is 13.4. The van der Waals surface area contributed by atoms with Crippen LogP contribution in [0.5, 0.6) is 0 Å². The van der Waals surface area contributed by atoms with Crippen LogP contribution in [0, 0.1) is 18.8 Å².